The standard InChI is InChI=1S/C12H13F2NO3/c1-12(2-3-18-6-12)15-10-8(13)4-7(11(16)17)5-9(10)14/h4-5,15H,2-3,6H2,1H3,(H,16,17). The number of benzene rings is 1. The van der Waals surface area contributed by atoms with E-state index in [1.165, 1.54) is 0 Å². The van der Waals surface area contributed by atoms with Gasteiger partial charge in [0.05, 0.1) is 17.7 Å². The average molecular weight is 257 g/mol. The number of nitrogens with one attached hydrogen (secondary N) is 1. The minimum Gasteiger partial charge on any atom is -0.478 e. The molecule has 1 saturated heterocycles. The smallest absolute Gasteiger partial charge is 0.335 e. The third-order valence-corrected chi connectivity index (χ3v) is 2.93. The van der Waals surface area contributed by atoms with Crippen molar-refractivity contribution in [3.05, 3.63) is 29.3 Å². The van der Waals surface area contributed by atoms with Gasteiger partial charge in [0.25, 0.3) is 0 Å². The van der Waals surface area contributed by atoms with E-state index >= 15 is 0 Å². The van der Waals surface area contributed by atoms with Crippen molar-refractivity contribution in [2.75, 3.05) is 18.5 Å². The number of carbonyl (C=O) groups is 1. The Morgan fingerprint density at radius 3 is 2.50 bits per heavy atom. The molecule has 98 valence electrons. The summed E-state index contributed by atoms with van der Waals surface area (Å²) in [4.78, 5) is 10.7. The number of hydrogen-bond donors (Lipinski definition) is 2. The molecule has 1 atom stereocenters. The van der Waals surface area contributed by atoms with Crippen molar-refractivity contribution in [2.24, 2.45) is 0 Å². The highest BCUT2D eigenvalue weighted by Crippen LogP contribution is 2.28. The van der Waals surface area contributed by atoms with Crippen molar-refractivity contribution < 1.29 is 23.4 Å². The van der Waals surface area contributed by atoms with E-state index in [9.17, 15) is 13.6 Å². The Labute approximate surface area is 103 Å². The molecule has 0 spiro atoms. The van der Waals surface area contributed by atoms with Crippen molar-refractivity contribution >= 4 is 11.7 Å². The van der Waals surface area contributed by atoms with Crippen LogP contribution < -0.4 is 5.32 Å². The molecule has 1 heterocycles. The number of rotatable bonds is 3. The minimum atomic E-state index is -1.37. The van der Waals surface area contributed by atoms with E-state index in [4.69, 9.17) is 9.84 Å². The van der Waals surface area contributed by atoms with Gasteiger partial charge in [-0.1, -0.05) is 0 Å². The topological polar surface area (TPSA) is 58.6 Å². The van der Waals surface area contributed by atoms with Crippen LogP contribution in [0.3, 0.4) is 0 Å². The van der Waals surface area contributed by atoms with Gasteiger partial charge in [-0.15, -0.1) is 0 Å². The SMILES string of the molecule is CC1(Nc2c(F)cc(C(=O)O)cc2F)CCOC1. The van der Waals surface area contributed by atoms with E-state index in [1.807, 2.05) is 0 Å². The fourth-order valence-corrected chi connectivity index (χ4v) is 1.88. The van der Waals surface area contributed by atoms with Crippen molar-refractivity contribution in [1.82, 2.24) is 0 Å². The van der Waals surface area contributed by atoms with Crippen LogP contribution >= 0.6 is 0 Å². The van der Waals surface area contributed by atoms with Crippen molar-refractivity contribution in [1.29, 1.82) is 0 Å². The van der Waals surface area contributed by atoms with E-state index < -0.39 is 28.7 Å². The fourth-order valence-electron chi connectivity index (χ4n) is 1.88. The summed E-state index contributed by atoms with van der Waals surface area (Å²) in [5.41, 5.74) is -1.26. The number of anilines is 1. The monoisotopic (exact) mass is 257 g/mol. The molecule has 6 heteroatoms. The number of halogens is 2. The maximum Gasteiger partial charge on any atom is 0.335 e. The number of aromatic carboxylic acids is 1. The summed E-state index contributed by atoms with van der Waals surface area (Å²) in [5, 5.41) is 11.4. The molecule has 0 aliphatic carbocycles. The molecular weight excluding hydrogens is 244 g/mol. The molecule has 18 heavy (non-hydrogen) atoms. The lowest BCUT2D eigenvalue weighted by molar-refractivity contribution is 0.0696. The zero-order valence-corrected chi connectivity index (χ0v) is 9.80. The molecule has 1 fully saturated rings. The van der Waals surface area contributed by atoms with Gasteiger partial charge in [0.15, 0.2) is 0 Å². The maximum absolute atomic E-state index is 13.7. The Morgan fingerprint density at radius 2 is 2.06 bits per heavy atom. The highest BCUT2D eigenvalue weighted by molar-refractivity contribution is 5.88. The quantitative estimate of drug-likeness (QED) is 0.872. The van der Waals surface area contributed by atoms with Gasteiger partial charge in [0, 0.05) is 6.61 Å². The van der Waals surface area contributed by atoms with E-state index in [-0.39, 0.29) is 5.69 Å². The molecule has 0 aromatic heterocycles. The van der Waals surface area contributed by atoms with Crippen LogP contribution in [0.15, 0.2) is 12.1 Å². The summed E-state index contributed by atoms with van der Waals surface area (Å²) in [6.07, 6.45) is 0.632. The number of carboxylic acids is 1. The molecule has 1 aliphatic rings. The number of hydrogen-bond acceptors (Lipinski definition) is 3. The Morgan fingerprint density at radius 1 is 1.44 bits per heavy atom. The van der Waals surface area contributed by atoms with Gasteiger partial charge in [-0.25, -0.2) is 13.6 Å². The lowest BCUT2D eigenvalue weighted by atomic mass is 10.0. The second kappa shape index (κ2) is 4.53. The minimum absolute atomic E-state index is 0.312. The van der Waals surface area contributed by atoms with Crippen molar-refractivity contribution in [3.8, 4) is 0 Å². The molecule has 2 rings (SSSR count). The molecule has 4 nitrogen and oxygen atoms in total. The van der Waals surface area contributed by atoms with Gasteiger partial charge >= 0.3 is 5.97 Å². The number of ether oxygens (including phenoxy) is 1. The van der Waals surface area contributed by atoms with E-state index in [1.54, 1.807) is 6.92 Å². The molecule has 1 aromatic rings. The van der Waals surface area contributed by atoms with Gasteiger partial charge in [-0.3, -0.25) is 0 Å². The van der Waals surface area contributed by atoms with E-state index in [0.717, 1.165) is 12.1 Å². The molecule has 2 N–H and O–H groups in total. The highest BCUT2D eigenvalue weighted by Gasteiger charge is 2.31. The summed E-state index contributed by atoms with van der Waals surface area (Å²) in [6.45, 7) is 2.68. The van der Waals surface area contributed by atoms with Crippen molar-refractivity contribution in [3.63, 3.8) is 0 Å². The average Bonchev–Trinajstić information content (AvgIpc) is 2.70. The zero-order valence-electron chi connectivity index (χ0n) is 9.80. The molecule has 0 bridgehead atoms. The summed E-state index contributed by atoms with van der Waals surface area (Å²) >= 11 is 0. The summed E-state index contributed by atoms with van der Waals surface area (Å²) in [6, 6.07) is 1.60. The predicted octanol–water partition coefficient (Wildman–Crippen LogP) is 2.25. The van der Waals surface area contributed by atoms with Gasteiger partial charge in [-0.2, -0.15) is 0 Å². The summed E-state index contributed by atoms with van der Waals surface area (Å²) in [5.74, 6) is -3.20. The summed E-state index contributed by atoms with van der Waals surface area (Å²) < 4.78 is 32.5. The maximum atomic E-state index is 13.7. The van der Waals surface area contributed by atoms with Crippen LogP contribution in [0.1, 0.15) is 23.7 Å². The Balaban J connectivity index is 2.31. The molecule has 1 aliphatic heterocycles. The van der Waals surface area contributed by atoms with E-state index in [2.05, 4.69) is 5.32 Å². The second-order valence-electron chi connectivity index (χ2n) is 4.61. The third-order valence-electron chi connectivity index (χ3n) is 2.93. The van der Waals surface area contributed by atoms with Crippen LogP contribution in [0.4, 0.5) is 14.5 Å². The third kappa shape index (κ3) is 2.43. The first-order valence-electron chi connectivity index (χ1n) is 5.49. The Bertz CT molecular complexity index is 461. The van der Waals surface area contributed by atoms with Crippen LogP contribution in [-0.4, -0.2) is 29.8 Å². The first-order valence-corrected chi connectivity index (χ1v) is 5.49. The molecule has 0 amide bonds. The Kier molecular flexibility index (Phi) is 3.21. The molecule has 1 aromatic carbocycles. The van der Waals surface area contributed by atoms with Gasteiger partial charge in [0.1, 0.15) is 17.3 Å². The normalized spacial score (nSPS) is 23.1. The largest absolute Gasteiger partial charge is 0.478 e. The fraction of sp³-hybridized carbons (Fsp3) is 0.417. The first kappa shape index (κ1) is 12.8. The van der Waals surface area contributed by atoms with Crippen LogP contribution in [0.25, 0.3) is 0 Å². The highest BCUT2D eigenvalue weighted by atomic mass is 19.1. The van der Waals surface area contributed by atoms with Crippen molar-refractivity contribution in [2.45, 2.75) is 18.9 Å². The van der Waals surface area contributed by atoms with Crippen LogP contribution in [0.2, 0.25) is 0 Å². The first-order chi connectivity index (χ1) is 8.41. The molecule has 0 saturated carbocycles. The predicted molar refractivity (Wildman–Crippen MR) is 60.8 cm³/mol. The van der Waals surface area contributed by atoms with Crippen LogP contribution in [0.5, 0.6) is 0 Å². The zero-order chi connectivity index (χ0) is 13.3. The molecular formula is C12H13F2NO3. The summed E-state index contributed by atoms with van der Waals surface area (Å²) in [7, 11) is 0. The number of carboxylic acid groups (broad SMARTS) is 1. The van der Waals surface area contributed by atoms with Gasteiger partial charge in [-0.05, 0) is 25.5 Å². The van der Waals surface area contributed by atoms with E-state index in [0.29, 0.717) is 19.6 Å². The molecule has 0 radical (unpaired) electrons. The van der Waals surface area contributed by atoms with Crippen LogP contribution in [0, 0.1) is 11.6 Å². The lowest BCUT2D eigenvalue weighted by Gasteiger charge is -2.25. The Hall–Kier alpha value is -1.69. The van der Waals surface area contributed by atoms with Gasteiger partial charge < -0.3 is 15.2 Å². The second-order valence-corrected chi connectivity index (χ2v) is 4.61. The van der Waals surface area contributed by atoms with Crippen LogP contribution in [-0.2, 0) is 4.74 Å². The van der Waals surface area contributed by atoms with Gasteiger partial charge in [0.2, 0.25) is 0 Å². The molecule has 1 unspecified atom stereocenters. The lowest BCUT2D eigenvalue weighted by Crippen LogP contribution is -2.35.